The number of anilines is 1. The van der Waals surface area contributed by atoms with Crippen molar-refractivity contribution < 1.29 is 13.3 Å². The van der Waals surface area contributed by atoms with E-state index in [0.717, 1.165) is 17.4 Å². The molecule has 0 aliphatic heterocycles. The average molecular weight is 398 g/mol. The summed E-state index contributed by atoms with van der Waals surface area (Å²) < 4.78 is 27.1. The third-order valence-electron chi connectivity index (χ3n) is 2.23. The summed E-state index contributed by atoms with van der Waals surface area (Å²) in [6.07, 6.45) is 0. The van der Waals surface area contributed by atoms with Crippen LogP contribution in [0, 0.1) is 10.1 Å². The van der Waals surface area contributed by atoms with E-state index in [1.165, 1.54) is 12.1 Å². The summed E-state index contributed by atoms with van der Waals surface area (Å²) in [5.41, 5.74) is -0.132. The molecule has 1 aromatic heterocycles. The Morgan fingerprint density at radius 1 is 1.35 bits per heavy atom. The van der Waals surface area contributed by atoms with Crippen molar-refractivity contribution in [3.05, 3.63) is 49.3 Å². The quantitative estimate of drug-likeness (QED) is 0.626. The molecule has 1 aromatic carbocycles. The number of nitro groups is 1. The fraction of sp³-hybridized carbons (Fsp3) is 0. The maximum absolute atomic E-state index is 12.1. The topological polar surface area (TPSA) is 89.3 Å². The molecule has 1 N–H and O–H groups in total. The van der Waals surface area contributed by atoms with Crippen LogP contribution in [0.15, 0.2) is 38.3 Å². The molecular weight excluding hydrogens is 392 g/mol. The van der Waals surface area contributed by atoms with Gasteiger partial charge in [0.05, 0.1) is 10.6 Å². The van der Waals surface area contributed by atoms with E-state index in [9.17, 15) is 18.5 Å². The Labute approximate surface area is 131 Å². The molecule has 1 heterocycles. The Kier molecular flexibility index (Phi) is 4.33. The van der Waals surface area contributed by atoms with Gasteiger partial charge in [0.2, 0.25) is 0 Å². The summed E-state index contributed by atoms with van der Waals surface area (Å²) in [7, 11) is -3.76. The number of hydrogen-bond donors (Lipinski definition) is 1. The van der Waals surface area contributed by atoms with E-state index in [1.807, 2.05) is 0 Å². The lowest BCUT2D eigenvalue weighted by atomic mass is 10.3. The Balaban J connectivity index is 2.33. The minimum atomic E-state index is -3.76. The number of benzene rings is 1. The van der Waals surface area contributed by atoms with Crippen LogP contribution in [0.25, 0.3) is 0 Å². The molecule has 0 aliphatic rings. The predicted molar refractivity (Wildman–Crippen MR) is 80.9 cm³/mol. The number of sulfonamides is 1. The highest BCUT2D eigenvalue weighted by Gasteiger charge is 2.20. The first-order valence-corrected chi connectivity index (χ1v) is 8.54. The lowest BCUT2D eigenvalue weighted by molar-refractivity contribution is -0.384. The molecule has 0 spiro atoms. The fourth-order valence-electron chi connectivity index (χ4n) is 1.39. The number of thiophene rings is 1. The summed E-state index contributed by atoms with van der Waals surface area (Å²) in [6, 6.07) is 5.23. The predicted octanol–water partition coefficient (Wildman–Crippen LogP) is 3.87. The Bertz CT molecular complexity index is 775. The third-order valence-corrected chi connectivity index (χ3v) is 6.58. The summed E-state index contributed by atoms with van der Waals surface area (Å²) in [6.45, 7) is 0. The van der Waals surface area contributed by atoms with E-state index in [4.69, 9.17) is 11.6 Å². The molecule has 2 aromatic rings. The molecule has 6 nitrogen and oxygen atoms in total. The number of rotatable bonds is 4. The summed E-state index contributed by atoms with van der Waals surface area (Å²) in [4.78, 5) is 9.99. The zero-order valence-corrected chi connectivity index (χ0v) is 13.5. The summed E-state index contributed by atoms with van der Waals surface area (Å²) in [5.74, 6) is 0. The fourth-order valence-corrected chi connectivity index (χ4v) is 5.03. The van der Waals surface area contributed by atoms with Crippen molar-refractivity contribution in [2.24, 2.45) is 0 Å². The van der Waals surface area contributed by atoms with Crippen molar-refractivity contribution in [3.63, 3.8) is 0 Å². The number of nitrogens with zero attached hydrogens (tertiary/aromatic N) is 1. The monoisotopic (exact) mass is 396 g/mol. The van der Waals surface area contributed by atoms with Gasteiger partial charge in [0.15, 0.2) is 4.21 Å². The molecule has 0 saturated carbocycles. The number of nitro benzene ring substituents is 1. The minimum Gasteiger partial charge on any atom is -0.279 e. The second-order valence-corrected chi connectivity index (χ2v) is 7.64. The molecule has 0 saturated heterocycles. The molecule has 0 aliphatic carbocycles. The van der Waals surface area contributed by atoms with Gasteiger partial charge in [-0.25, -0.2) is 8.42 Å². The Morgan fingerprint density at radius 2 is 2.05 bits per heavy atom. The zero-order chi connectivity index (χ0) is 14.9. The van der Waals surface area contributed by atoms with E-state index in [0.29, 0.717) is 4.47 Å². The maximum atomic E-state index is 12.1. The van der Waals surface area contributed by atoms with Crippen LogP contribution in [0.2, 0.25) is 5.02 Å². The van der Waals surface area contributed by atoms with E-state index in [2.05, 4.69) is 20.7 Å². The first-order valence-electron chi connectivity index (χ1n) is 5.01. The molecular formula is C10H6BrClN2O4S2. The molecule has 0 unspecified atom stereocenters. The standard InChI is InChI=1S/C10H6BrClN2O4S2/c11-7-3-4-19-10(7)20(17,18)13-6-1-2-9(14(15)16)8(12)5-6/h1-5,13H. The molecule has 0 radical (unpaired) electrons. The highest BCUT2D eigenvalue weighted by molar-refractivity contribution is 9.10. The normalized spacial score (nSPS) is 11.3. The highest BCUT2D eigenvalue weighted by atomic mass is 79.9. The highest BCUT2D eigenvalue weighted by Crippen LogP contribution is 2.31. The number of halogens is 2. The second kappa shape index (κ2) is 5.68. The van der Waals surface area contributed by atoms with E-state index in [1.54, 1.807) is 11.4 Å². The van der Waals surface area contributed by atoms with Crippen LogP contribution in [0.3, 0.4) is 0 Å². The van der Waals surface area contributed by atoms with Crippen molar-refractivity contribution >= 4 is 60.3 Å². The molecule has 0 bridgehead atoms. The van der Waals surface area contributed by atoms with Crippen LogP contribution in [-0.2, 0) is 10.0 Å². The lowest BCUT2D eigenvalue weighted by Gasteiger charge is -2.07. The van der Waals surface area contributed by atoms with Gasteiger partial charge in [0.25, 0.3) is 15.7 Å². The van der Waals surface area contributed by atoms with Crippen molar-refractivity contribution in [1.29, 1.82) is 0 Å². The summed E-state index contributed by atoms with van der Waals surface area (Å²) in [5, 5.41) is 12.1. The van der Waals surface area contributed by atoms with Gasteiger partial charge in [-0.1, -0.05) is 11.6 Å². The molecule has 2 rings (SSSR count). The largest absolute Gasteiger partial charge is 0.288 e. The van der Waals surface area contributed by atoms with E-state index >= 15 is 0 Å². The Hall–Kier alpha value is -1.16. The lowest BCUT2D eigenvalue weighted by Crippen LogP contribution is -2.12. The van der Waals surface area contributed by atoms with Crippen LogP contribution >= 0.6 is 38.9 Å². The third kappa shape index (κ3) is 3.11. The number of nitrogens with one attached hydrogen (secondary N) is 1. The van der Waals surface area contributed by atoms with Gasteiger partial charge in [-0.3, -0.25) is 14.8 Å². The van der Waals surface area contributed by atoms with E-state index in [-0.39, 0.29) is 20.6 Å². The maximum Gasteiger partial charge on any atom is 0.288 e. The van der Waals surface area contributed by atoms with Gasteiger partial charge in [-0.15, -0.1) is 11.3 Å². The SMILES string of the molecule is O=[N+]([O-])c1ccc(NS(=O)(=O)c2sccc2Br)cc1Cl. The molecule has 0 atom stereocenters. The van der Waals surface area contributed by atoms with Gasteiger partial charge in [-0.2, -0.15) is 0 Å². The van der Waals surface area contributed by atoms with Gasteiger partial charge >= 0.3 is 0 Å². The first-order chi connectivity index (χ1) is 9.31. The molecule has 106 valence electrons. The van der Waals surface area contributed by atoms with Gasteiger partial charge in [0, 0.05) is 10.5 Å². The van der Waals surface area contributed by atoms with Crippen LogP contribution in [0.5, 0.6) is 0 Å². The van der Waals surface area contributed by atoms with E-state index < -0.39 is 14.9 Å². The van der Waals surface area contributed by atoms with Gasteiger partial charge < -0.3 is 0 Å². The van der Waals surface area contributed by atoms with Crippen LogP contribution in [0.1, 0.15) is 0 Å². The van der Waals surface area contributed by atoms with Crippen molar-refractivity contribution in [1.82, 2.24) is 0 Å². The smallest absolute Gasteiger partial charge is 0.279 e. The minimum absolute atomic E-state index is 0.118. The molecule has 0 amide bonds. The average Bonchev–Trinajstić information content (AvgIpc) is 2.75. The second-order valence-electron chi connectivity index (χ2n) is 3.58. The van der Waals surface area contributed by atoms with Gasteiger partial charge in [0.1, 0.15) is 5.02 Å². The molecule has 10 heteroatoms. The number of hydrogen-bond acceptors (Lipinski definition) is 5. The van der Waals surface area contributed by atoms with Crippen LogP contribution in [0.4, 0.5) is 11.4 Å². The first kappa shape index (κ1) is 15.2. The zero-order valence-electron chi connectivity index (χ0n) is 9.54. The molecule has 20 heavy (non-hydrogen) atoms. The van der Waals surface area contributed by atoms with Crippen molar-refractivity contribution in [2.75, 3.05) is 4.72 Å². The van der Waals surface area contributed by atoms with Crippen molar-refractivity contribution in [3.8, 4) is 0 Å². The van der Waals surface area contributed by atoms with Crippen LogP contribution in [-0.4, -0.2) is 13.3 Å². The summed E-state index contributed by atoms with van der Waals surface area (Å²) >= 11 is 9.91. The van der Waals surface area contributed by atoms with Crippen molar-refractivity contribution in [2.45, 2.75) is 4.21 Å². The van der Waals surface area contributed by atoms with Gasteiger partial charge in [-0.05, 0) is 39.5 Å². The molecule has 0 fully saturated rings. The van der Waals surface area contributed by atoms with Crippen LogP contribution < -0.4 is 4.72 Å². The Morgan fingerprint density at radius 3 is 2.55 bits per heavy atom.